The fraction of sp³-hybridized carbons (Fsp3) is 0.387. The Bertz CT molecular complexity index is 1810. The van der Waals surface area contributed by atoms with E-state index in [2.05, 4.69) is 44.9 Å². The summed E-state index contributed by atoms with van der Waals surface area (Å²) in [4.78, 5) is 31.8. The number of fused-ring (bicyclic) bond motifs is 3. The van der Waals surface area contributed by atoms with Crippen LogP contribution >= 0.6 is 0 Å². The number of anilines is 3. The molecular formula is C31H32F3N7O3. The number of esters is 1. The Morgan fingerprint density at radius 2 is 1.91 bits per heavy atom. The third-order valence-electron chi connectivity index (χ3n) is 8.11. The first-order valence-electron chi connectivity index (χ1n) is 14.2. The summed E-state index contributed by atoms with van der Waals surface area (Å²) >= 11 is 0. The van der Waals surface area contributed by atoms with E-state index in [1.165, 1.54) is 28.4 Å². The van der Waals surface area contributed by atoms with E-state index in [9.17, 15) is 22.8 Å². The lowest BCUT2D eigenvalue weighted by Crippen LogP contribution is -2.35. The van der Waals surface area contributed by atoms with Gasteiger partial charge in [0.25, 0.3) is 5.56 Å². The summed E-state index contributed by atoms with van der Waals surface area (Å²) in [7, 11) is 1.57. The van der Waals surface area contributed by atoms with E-state index in [0.29, 0.717) is 35.6 Å². The van der Waals surface area contributed by atoms with Gasteiger partial charge in [0.1, 0.15) is 18.1 Å². The molecule has 0 amide bonds. The number of carbonyl (C=O) groups excluding carboxylic acids is 1. The van der Waals surface area contributed by atoms with E-state index in [1.54, 1.807) is 31.6 Å². The van der Waals surface area contributed by atoms with Crippen LogP contribution in [0.25, 0.3) is 11.1 Å². The molecule has 0 saturated carbocycles. The molecule has 44 heavy (non-hydrogen) atoms. The second kappa shape index (κ2) is 10.8. The van der Waals surface area contributed by atoms with Crippen molar-refractivity contribution in [3.8, 4) is 11.1 Å². The molecule has 0 fully saturated rings. The normalized spacial score (nSPS) is 15.6. The fourth-order valence-electron chi connectivity index (χ4n) is 6.17. The average molecular weight is 608 g/mol. The Morgan fingerprint density at radius 3 is 2.61 bits per heavy atom. The monoisotopic (exact) mass is 607 g/mol. The maximum absolute atomic E-state index is 13.0. The highest BCUT2D eigenvalue weighted by Gasteiger charge is 2.35. The molecule has 4 aromatic rings. The number of nitrogens with zero attached hydrogens (tertiary/aromatic N) is 6. The van der Waals surface area contributed by atoms with Crippen LogP contribution in [0.3, 0.4) is 0 Å². The van der Waals surface area contributed by atoms with Gasteiger partial charge < -0.3 is 24.1 Å². The number of ether oxygens (including phenoxy) is 1. The summed E-state index contributed by atoms with van der Waals surface area (Å²) in [6.07, 6.45) is 0.797. The van der Waals surface area contributed by atoms with Gasteiger partial charge in [-0.2, -0.15) is 13.2 Å². The highest BCUT2D eigenvalue weighted by atomic mass is 19.4. The summed E-state index contributed by atoms with van der Waals surface area (Å²) in [6, 6.07) is 7.57. The van der Waals surface area contributed by atoms with Crippen molar-refractivity contribution < 1.29 is 22.7 Å². The zero-order valence-electron chi connectivity index (χ0n) is 24.8. The Labute approximate surface area is 251 Å². The first kappa shape index (κ1) is 29.4. The molecule has 0 saturated heterocycles. The highest BCUT2D eigenvalue weighted by Crippen LogP contribution is 2.40. The van der Waals surface area contributed by atoms with Crippen molar-refractivity contribution in [3.63, 3.8) is 0 Å². The number of nitrogens with one attached hydrogen (secondary N) is 1. The minimum atomic E-state index is -4.63. The number of rotatable bonds is 6. The summed E-state index contributed by atoms with van der Waals surface area (Å²) < 4.78 is 48.1. The summed E-state index contributed by atoms with van der Waals surface area (Å²) in [5, 5.41) is 9.62. The van der Waals surface area contributed by atoms with Crippen LogP contribution in [0, 0.1) is 5.41 Å². The summed E-state index contributed by atoms with van der Waals surface area (Å²) in [6.45, 7) is 8.06. The Balaban J connectivity index is 1.35. The van der Waals surface area contributed by atoms with E-state index in [4.69, 9.17) is 9.72 Å². The van der Waals surface area contributed by atoms with Crippen LogP contribution in [0.1, 0.15) is 49.0 Å². The number of alkyl halides is 3. The van der Waals surface area contributed by atoms with Gasteiger partial charge in [0.05, 0.1) is 6.54 Å². The van der Waals surface area contributed by atoms with Crippen LogP contribution in [0.5, 0.6) is 0 Å². The summed E-state index contributed by atoms with van der Waals surface area (Å²) in [5.41, 5.74) is 4.81. The zero-order chi connectivity index (χ0) is 31.4. The molecular weight excluding hydrogens is 575 g/mol. The Morgan fingerprint density at radius 1 is 1.11 bits per heavy atom. The van der Waals surface area contributed by atoms with E-state index < -0.39 is 23.4 Å². The van der Waals surface area contributed by atoms with Gasteiger partial charge in [-0.1, -0.05) is 13.8 Å². The molecule has 13 heteroatoms. The summed E-state index contributed by atoms with van der Waals surface area (Å²) in [5.74, 6) is 0.212. The Kier molecular flexibility index (Phi) is 7.21. The molecule has 0 spiro atoms. The van der Waals surface area contributed by atoms with Gasteiger partial charge in [0, 0.05) is 62.0 Å². The second-order valence-corrected chi connectivity index (χ2v) is 12.1. The number of hydrogen-bond donors (Lipinski definition) is 1. The molecule has 0 unspecified atom stereocenters. The van der Waals surface area contributed by atoms with Crippen LogP contribution in [0.4, 0.5) is 30.5 Å². The molecule has 230 valence electrons. The quantitative estimate of drug-likeness (QED) is 0.305. The average Bonchev–Trinajstić information content (AvgIpc) is 3.44. The van der Waals surface area contributed by atoms with E-state index in [-0.39, 0.29) is 23.5 Å². The standard InChI is InChI=1S/C31H32F3N7O3/c1-18(42)44-17-23-22(20-12-24(29(43)39(4)15-20)36-27-6-5-26(37-38-27)31(32,33)34)7-8-35-28(23)40-9-10-41-21(16-40)11-19-13-30(2,3)14-25(19)41/h5-8,11-12,15H,9-10,13-14,16-17H2,1-4H3,(H,36,38). The van der Waals surface area contributed by atoms with Crippen LogP contribution in [0.2, 0.25) is 0 Å². The predicted molar refractivity (Wildman–Crippen MR) is 157 cm³/mol. The number of aryl methyl sites for hydroxylation is 1. The smallest absolute Gasteiger partial charge is 0.435 e. The van der Waals surface area contributed by atoms with Crippen molar-refractivity contribution in [3.05, 3.63) is 81.3 Å². The van der Waals surface area contributed by atoms with Crippen LogP contribution in [-0.4, -0.2) is 36.8 Å². The number of carbonyl (C=O) groups is 1. The molecule has 0 radical (unpaired) electrons. The molecule has 4 aromatic heterocycles. The van der Waals surface area contributed by atoms with Gasteiger partial charge in [-0.15, -0.1) is 10.2 Å². The van der Waals surface area contributed by atoms with Gasteiger partial charge in [-0.3, -0.25) is 9.59 Å². The molecule has 1 aliphatic heterocycles. The zero-order valence-corrected chi connectivity index (χ0v) is 24.8. The molecule has 0 atom stereocenters. The van der Waals surface area contributed by atoms with Gasteiger partial charge in [-0.25, -0.2) is 4.98 Å². The minimum absolute atomic E-state index is 0.0191. The molecule has 2 aliphatic rings. The van der Waals surface area contributed by atoms with Crippen LogP contribution in [-0.2, 0) is 55.3 Å². The maximum Gasteiger partial charge on any atom is 0.435 e. The van der Waals surface area contributed by atoms with Crippen molar-refractivity contribution in [2.45, 2.75) is 59.5 Å². The van der Waals surface area contributed by atoms with Crippen molar-refractivity contribution in [2.75, 3.05) is 16.8 Å². The van der Waals surface area contributed by atoms with Gasteiger partial charge in [-0.05, 0) is 59.7 Å². The molecule has 0 bridgehead atoms. The van der Waals surface area contributed by atoms with Crippen LogP contribution in [0.15, 0.2) is 47.5 Å². The van der Waals surface area contributed by atoms with Gasteiger partial charge in [0.2, 0.25) is 0 Å². The number of aromatic nitrogens is 5. The number of halogens is 3. The second-order valence-electron chi connectivity index (χ2n) is 12.1. The van der Waals surface area contributed by atoms with Crippen molar-refractivity contribution in [2.24, 2.45) is 12.5 Å². The third kappa shape index (κ3) is 5.65. The molecule has 10 nitrogen and oxygen atoms in total. The fourth-order valence-corrected chi connectivity index (χ4v) is 6.17. The van der Waals surface area contributed by atoms with Gasteiger partial charge in [0.15, 0.2) is 11.5 Å². The van der Waals surface area contributed by atoms with E-state index in [0.717, 1.165) is 31.5 Å². The predicted octanol–water partition coefficient (Wildman–Crippen LogP) is 5.01. The third-order valence-corrected chi connectivity index (χ3v) is 8.11. The molecule has 6 rings (SSSR count). The minimum Gasteiger partial charge on any atom is -0.461 e. The molecule has 0 aromatic carbocycles. The molecule has 1 aliphatic carbocycles. The first-order valence-corrected chi connectivity index (χ1v) is 14.2. The lowest BCUT2D eigenvalue weighted by atomic mass is 9.90. The topological polar surface area (TPSA) is 107 Å². The number of hydrogen-bond acceptors (Lipinski definition) is 8. The lowest BCUT2D eigenvalue weighted by Gasteiger charge is -2.33. The van der Waals surface area contributed by atoms with Crippen molar-refractivity contribution in [1.82, 2.24) is 24.3 Å². The highest BCUT2D eigenvalue weighted by molar-refractivity contribution is 5.76. The van der Waals surface area contributed by atoms with E-state index >= 15 is 0 Å². The molecule has 1 N–H and O–H groups in total. The Hall–Kier alpha value is -4.68. The van der Waals surface area contributed by atoms with Crippen LogP contribution < -0.4 is 15.8 Å². The maximum atomic E-state index is 13.0. The SMILES string of the molecule is CC(=O)OCc1c(-c2cc(Nc3ccc(C(F)(F)F)nn3)c(=O)n(C)c2)ccnc1N1CCn2c(cc3c2CC(C)(C)C3)C1. The van der Waals surface area contributed by atoms with Gasteiger partial charge >= 0.3 is 12.1 Å². The largest absolute Gasteiger partial charge is 0.461 e. The first-order chi connectivity index (χ1) is 20.8. The lowest BCUT2D eigenvalue weighted by molar-refractivity contribution is -0.142. The molecule has 5 heterocycles. The number of pyridine rings is 2. The van der Waals surface area contributed by atoms with E-state index in [1.807, 2.05) is 0 Å². The van der Waals surface area contributed by atoms with Crippen molar-refractivity contribution in [1.29, 1.82) is 0 Å². The van der Waals surface area contributed by atoms with Crippen molar-refractivity contribution >= 4 is 23.3 Å².